The molecular formula is C14H17N3O2. The van der Waals surface area contributed by atoms with Gasteiger partial charge in [-0.2, -0.15) is 0 Å². The molecule has 0 saturated heterocycles. The number of aromatic nitrogens is 2. The lowest BCUT2D eigenvalue weighted by Gasteiger charge is -2.10. The number of methoxy groups -OCH3 is 1. The number of anilines is 1. The standard InChI is InChI=1S/C14H17N3O2/c1-4-9-12(15)16-13(17-14(9)18)10-6-5-8(2)7-11(10)19-3/h5-7H,4H2,1-3H3,(H3,15,16,17,18). The first-order valence-corrected chi connectivity index (χ1v) is 6.10. The molecule has 0 bridgehead atoms. The predicted octanol–water partition coefficient (Wildman–Crippen LogP) is 1.90. The first-order valence-electron chi connectivity index (χ1n) is 6.10. The molecule has 3 N–H and O–H groups in total. The number of rotatable bonds is 3. The van der Waals surface area contributed by atoms with Crippen molar-refractivity contribution in [1.82, 2.24) is 9.97 Å². The van der Waals surface area contributed by atoms with Gasteiger partial charge >= 0.3 is 0 Å². The van der Waals surface area contributed by atoms with Gasteiger partial charge in [-0.3, -0.25) is 4.79 Å². The van der Waals surface area contributed by atoms with Crippen LogP contribution < -0.4 is 16.0 Å². The average Bonchev–Trinajstić information content (AvgIpc) is 2.38. The fourth-order valence-corrected chi connectivity index (χ4v) is 1.98. The maximum absolute atomic E-state index is 11.9. The summed E-state index contributed by atoms with van der Waals surface area (Å²) in [6.45, 7) is 3.84. The van der Waals surface area contributed by atoms with E-state index in [1.807, 2.05) is 32.0 Å². The molecule has 0 saturated carbocycles. The Labute approximate surface area is 111 Å². The zero-order chi connectivity index (χ0) is 14.0. The summed E-state index contributed by atoms with van der Waals surface area (Å²) in [5.74, 6) is 1.35. The quantitative estimate of drug-likeness (QED) is 0.882. The fourth-order valence-electron chi connectivity index (χ4n) is 1.98. The molecule has 0 fully saturated rings. The van der Waals surface area contributed by atoms with Crippen LogP contribution in [-0.4, -0.2) is 17.1 Å². The van der Waals surface area contributed by atoms with Gasteiger partial charge in [0.2, 0.25) is 0 Å². The van der Waals surface area contributed by atoms with Crippen molar-refractivity contribution in [2.75, 3.05) is 12.8 Å². The van der Waals surface area contributed by atoms with Gasteiger partial charge in [0.15, 0.2) is 0 Å². The third-order valence-corrected chi connectivity index (χ3v) is 3.01. The van der Waals surface area contributed by atoms with Crippen molar-refractivity contribution in [3.63, 3.8) is 0 Å². The summed E-state index contributed by atoms with van der Waals surface area (Å²) in [5.41, 5.74) is 7.92. The van der Waals surface area contributed by atoms with E-state index in [2.05, 4.69) is 9.97 Å². The largest absolute Gasteiger partial charge is 0.496 e. The number of hydrogen-bond donors (Lipinski definition) is 2. The van der Waals surface area contributed by atoms with Crippen molar-refractivity contribution >= 4 is 5.82 Å². The highest BCUT2D eigenvalue weighted by Crippen LogP contribution is 2.28. The Morgan fingerprint density at radius 2 is 2.16 bits per heavy atom. The summed E-state index contributed by atoms with van der Waals surface area (Å²) in [6, 6.07) is 5.68. The van der Waals surface area contributed by atoms with Crippen molar-refractivity contribution < 1.29 is 4.74 Å². The number of H-pyrrole nitrogens is 1. The molecular weight excluding hydrogens is 242 g/mol. The van der Waals surface area contributed by atoms with Gasteiger partial charge in [-0.1, -0.05) is 13.0 Å². The normalized spacial score (nSPS) is 10.5. The number of ether oxygens (including phenoxy) is 1. The number of nitrogens with one attached hydrogen (secondary N) is 1. The monoisotopic (exact) mass is 259 g/mol. The summed E-state index contributed by atoms with van der Waals surface area (Å²) >= 11 is 0. The Morgan fingerprint density at radius 3 is 2.74 bits per heavy atom. The molecule has 0 atom stereocenters. The number of nitrogen functional groups attached to an aromatic ring is 1. The fraction of sp³-hybridized carbons (Fsp3) is 0.286. The van der Waals surface area contributed by atoms with Crippen LogP contribution in [0.4, 0.5) is 5.82 Å². The molecule has 5 heteroatoms. The Balaban J connectivity index is 2.63. The van der Waals surface area contributed by atoms with E-state index in [-0.39, 0.29) is 11.4 Å². The molecule has 0 aliphatic heterocycles. The first kappa shape index (κ1) is 13.1. The summed E-state index contributed by atoms with van der Waals surface area (Å²) in [6.07, 6.45) is 0.555. The van der Waals surface area contributed by atoms with Gasteiger partial charge in [-0.05, 0) is 31.0 Å². The topological polar surface area (TPSA) is 81.0 Å². The maximum atomic E-state index is 11.9. The van der Waals surface area contributed by atoms with E-state index in [1.165, 1.54) is 0 Å². The van der Waals surface area contributed by atoms with E-state index in [4.69, 9.17) is 10.5 Å². The molecule has 0 radical (unpaired) electrons. The van der Waals surface area contributed by atoms with Gasteiger partial charge in [-0.15, -0.1) is 0 Å². The van der Waals surface area contributed by atoms with Gasteiger partial charge < -0.3 is 15.5 Å². The Bertz CT molecular complexity index is 662. The third-order valence-electron chi connectivity index (χ3n) is 3.01. The number of hydrogen-bond acceptors (Lipinski definition) is 4. The molecule has 0 aliphatic carbocycles. The van der Waals surface area contributed by atoms with Gasteiger partial charge in [0, 0.05) is 0 Å². The van der Waals surface area contributed by atoms with E-state index < -0.39 is 0 Å². The van der Waals surface area contributed by atoms with Crippen LogP contribution in [0.25, 0.3) is 11.4 Å². The van der Waals surface area contributed by atoms with Crippen LogP contribution in [0.3, 0.4) is 0 Å². The molecule has 1 aromatic heterocycles. The first-order chi connectivity index (χ1) is 9.06. The average molecular weight is 259 g/mol. The van der Waals surface area contributed by atoms with E-state index >= 15 is 0 Å². The zero-order valence-corrected chi connectivity index (χ0v) is 11.3. The minimum Gasteiger partial charge on any atom is -0.496 e. The van der Waals surface area contributed by atoms with Crippen LogP contribution in [0, 0.1) is 6.92 Å². The second kappa shape index (κ2) is 5.14. The Hall–Kier alpha value is -2.30. The number of nitrogens with zero attached hydrogens (tertiary/aromatic N) is 1. The van der Waals surface area contributed by atoms with Crippen LogP contribution in [0.15, 0.2) is 23.0 Å². The van der Waals surface area contributed by atoms with Gasteiger partial charge in [0.25, 0.3) is 5.56 Å². The predicted molar refractivity (Wildman–Crippen MR) is 75.4 cm³/mol. The van der Waals surface area contributed by atoms with Crippen LogP contribution in [0.1, 0.15) is 18.1 Å². The van der Waals surface area contributed by atoms with Crippen molar-refractivity contribution in [2.24, 2.45) is 0 Å². The highest BCUT2D eigenvalue weighted by atomic mass is 16.5. The molecule has 2 rings (SSSR count). The molecule has 0 unspecified atom stereocenters. The van der Waals surface area contributed by atoms with Crippen LogP contribution in [-0.2, 0) is 6.42 Å². The lowest BCUT2D eigenvalue weighted by Crippen LogP contribution is -2.17. The molecule has 2 aromatic rings. The molecule has 19 heavy (non-hydrogen) atoms. The van der Waals surface area contributed by atoms with Crippen molar-refractivity contribution in [3.05, 3.63) is 39.7 Å². The third kappa shape index (κ3) is 2.45. The molecule has 1 aromatic carbocycles. The highest BCUT2D eigenvalue weighted by molar-refractivity contribution is 5.66. The Morgan fingerprint density at radius 1 is 1.42 bits per heavy atom. The number of nitrogens with two attached hydrogens (primary N) is 1. The summed E-state index contributed by atoms with van der Waals surface area (Å²) in [5, 5.41) is 0. The summed E-state index contributed by atoms with van der Waals surface area (Å²) < 4.78 is 5.31. The van der Waals surface area contributed by atoms with E-state index in [1.54, 1.807) is 7.11 Å². The van der Waals surface area contributed by atoms with Crippen LogP contribution >= 0.6 is 0 Å². The van der Waals surface area contributed by atoms with E-state index in [0.717, 1.165) is 11.1 Å². The maximum Gasteiger partial charge on any atom is 0.256 e. The second-order valence-electron chi connectivity index (χ2n) is 4.34. The van der Waals surface area contributed by atoms with E-state index in [0.29, 0.717) is 23.6 Å². The SMILES string of the molecule is CCc1c(N)nc(-c2ccc(C)cc2OC)[nH]c1=O. The highest BCUT2D eigenvalue weighted by Gasteiger charge is 2.12. The number of aromatic amines is 1. The molecule has 5 nitrogen and oxygen atoms in total. The molecule has 0 spiro atoms. The number of benzene rings is 1. The minimum atomic E-state index is -0.201. The van der Waals surface area contributed by atoms with Crippen molar-refractivity contribution in [2.45, 2.75) is 20.3 Å². The zero-order valence-electron chi connectivity index (χ0n) is 11.3. The molecule has 0 amide bonds. The minimum absolute atomic E-state index is 0.201. The second-order valence-corrected chi connectivity index (χ2v) is 4.34. The summed E-state index contributed by atoms with van der Waals surface area (Å²) in [4.78, 5) is 18.9. The lowest BCUT2D eigenvalue weighted by atomic mass is 10.1. The van der Waals surface area contributed by atoms with E-state index in [9.17, 15) is 4.79 Å². The smallest absolute Gasteiger partial charge is 0.256 e. The van der Waals surface area contributed by atoms with Gasteiger partial charge in [0.1, 0.15) is 17.4 Å². The van der Waals surface area contributed by atoms with Gasteiger partial charge in [-0.25, -0.2) is 4.98 Å². The van der Waals surface area contributed by atoms with Crippen LogP contribution in [0.5, 0.6) is 5.75 Å². The van der Waals surface area contributed by atoms with Crippen LogP contribution in [0.2, 0.25) is 0 Å². The van der Waals surface area contributed by atoms with Crippen molar-refractivity contribution in [1.29, 1.82) is 0 Å². The summed E-state index contributed by atoms with van der Waals surface area (Å²) in [7, 11) is 1.58. The molecule has 100 valence electrons. The molecule has 0 aliphatic rings. The number of aryl methyl sites for hydroxylation is 1. The van der Waals surface area contributed by atoms with Crippen molar-refractivity contribution in [3.8, 4) is 17.1 Å². The Kier molecular flexibility index (Phi) is 3.55. The van der Waals surface area contributed by atoms with Gasteiger partial charge in [0.05, 0.1) is 18.2 Å². The molecule has 1 heterocycles. The lowest BCUT2D eigenvalue weighted by molar-refractivity contribution is 0.416.